The highest BCUT2D eigenvalue weighted by Gasteiger charge is 2.21. The first kappa shape index (κ1) is 14.5. The molecule has 1 aliphatic heterocycles. The molecule has 0 unspecified atom stereocenters. The van der Waals surface area contributed by atoms with Gasteiger partial charge in [0.25, 0.3) is 0 Å². The number of hydrogen-bond acceptors (Lipinski definition) is 3. The molecule has 0 fully saturated rings. The van der Waals surface area contributed by atoms with Gasteiger partial charge in [-0.15, -0.1) is 0 Å². The van der Waals surface area contributed by atoms with Gasteiger partial charge in [-0.25, -0.2) is 0 Å². The molecule has 1 aromatic rings. The number of fused-ring (bicyclic) bond motifs is 1. The molecule has 0 saturated heterocycles. The number of nitrogens with zero attached hydrogens (tertiary/aromatic N) is 2. The zero-order chi connectivity index (χ0) is 14.5. The molecule has 5 heteroatoms. The maximum atomic E-state index is 12.2. The first-order valence-electron chi connectivity index (χ1n) is 6.88. The van der Waals surface area contributed by atoms with Crippen molar-refractivity contribution in [3.05, 3.63) is 29.8 Å². The lowest BCUT2D eigenvalue weighted by Gasteiger charge is -2.22. The monoisotopic (exact) mass is 275 g/mol. The van der Waals surface area contributed by atoms with Gasteiger partial charge in [-0.1, -0.05) is 18.2 Å². The van der Waals surface area contributed by atoms with Gasteiger partial charge >= 0.3 is 0 Å². The van der Waals surface area contributed by atoms with Crippen molar-refractivity contribution >= 4 is 17.5 Å². The number of benzene rings is 1. The largest absolute Gasteiger partial charge is 0.349 e. The van der Waals surface area contributed by atoms with Crippen LogP contribution < -0.4 is 10.2 Å². The van der Waals surface area contributed by atoms with E-state index < -0.39 is 0 Å². The fourth-order valence-electron chi connectivity index (χ4n) is 2.31. The second kappa shape index (κ2) is 6.52. The normalized spacial score (nSPS) is 14.7. The van der Waals surface area contributed by atoms with Crippen LogP contribution >= 0.6 is 0 Å². The third-order valence-electron chi connectivity index (χ3n) is 3.45. The van der Waals surface area contributed by atoms with Crippen LogP contribution in [-0.2, 0) is 16.1 Å². The van der Waals surface area contributed by atoms with Crippen molar-refractivity contribution in [3.63, 3.8) is 0 Å². The Labute approximate surface area is 119 Å². The van der Waals surface area contributed by atoms with Gasteiger partial charge in [0, 0.05) is 39.3 Å². The van der Waals surface area contributed by atoms with Gasteiger partial charge < -0.3 is 15.1 Å². The van der Waals surface area contributed by atoms with Crippen LogP contribution in [0, 0.1) is 0 Å². The molecule has 0 saturated carbocycles. The molecule has 1 heterocycles. The number of hydrogen-bond donors (Lipinski definition) is 1. The third-order valence-corrected chi connectivity index (χ3v) is 3.45. The average molecular weight is 275 g/mol. The van der Waals surface area contributed by atoms with Crippen molar-refractivity contribution in [3.8, 4) is 0 Å². The van der Waals surface area contributed by atoms with E-state index in [2.05, 4.69) is 5.32 Å². The zero-order valence-electron chi connectivity index (χ0n) is 12.1. The zero-order valence-corrected chi connectivity index (χ0v) is 12.1. The van der Waals surface area contributed by atoms with E-state index >= 15 is 0 Å². The predicted molar refractivity (Wildman–Crippen MR) is 78.4 cm³/mol. The summed E-state index contributed by atoms with van der Waals surface area (Å²) >= 11 is 0. The quantitative estimate of drug-likeness (QED) is 0.891. The van der Waals surface area contributed by atoms with Crippen molar-refractivity contribution in [1.82, 2.24) is 10.2 Å². The second-order valence-electron chi connectivity index (χ2n) is 5.17. The summed E-state index contributed by atoms with van der Waals surface area (Å²) in [5.74, 6) is 0.158. The van der Waals surface area contributed by atoms with Crippen LogP contribution in [0.5, 0.6) is 0 Å². The number of carbonyl (C=O) groups excluding carboxylic acids is 2. The summed E-state index contributed by atoms with van der Waals surface area (Å²) in [6, 6.07) is 7.91. The molecular formula is C15H21N3O2. The van der Waals surface area contributed by atoms with Crippen molar-refractivity contribution in [2.24, 2.45) is 0 Å². The summed E-state index contributed by atoms with van der Waals surface area (Å²) in [7, 11) is 3.50. The van der Waals surface area contributed by atoms with Crippen LogP contribution in [0.2, 0.25) is 0 Å². The van der Waals surface area contributed by atoms with E-state index in [0.717, 1.165) is 11.3 Å². The fraction of sp³-hybridized carbons (Fsp3) is 0.467. The Balaban J connectivity index is 2.05. The molecule has 2 rings (SSSR count). The minimum absolute atomic E-state index is 0.0623. The predicted octanol–water partition coefficient (Wildman–Crippen LogP) is 0.991. The minimum Gasteiger partial charge on any atom is -0.349 e. The SMILES string of the molecule is CN(C)C(=O)CCCN1C(=O)CNCc2ccccc21. The summed E-state index contributed by atoms with van der Waals surface area (Å²) in [6.07, 6.45) is 1.14. The van der Waals surface area contributed by atoms with Gasteiger partial charge in [0.05, 0.1) is 6.54 Å². The molecule has 2 amide bonds. The molecular weight excluding hydrogens is 254 g/mol. The molecule has 0 radical (unpaired) electrons. The van der Waals surface area contributed by atoms with Gasteiger partial charge in [-0.3, -0.25) is 9.59 Å². The molecule has 0 spiro atoms. The molecule has 1 aliphatic rings. The lowest BCUT2D eigenvalue weighted by Crippen LogP contribution is -2.36. The summed E-state index contributed by atoms with van der Waals surface area (Å²) < 4.78 is 0. The Hall–Kier alpha value is -1.88. The summed E-state index contributed by atoms with van der Waals surface area (Å²) in [5, 5.41) is 3.13. The molecule has 20 heavy (non-hydrogen) atoms. The van der Waals surface area contributed by atoms with Gasteiger partial charge in [0.15, 0.2) is 0 Å². The van der Waals surface area contributed by atoms with Crippen LogP contribution in [0.25, 0.3) is 0 Å². The number of nitrogens with one attached hydrogen (secondary N) is 1. The highest BCUT2D eigenvalue weighted by molar-refractivity contribution is 5.96. The smallest absolute Gasteiger partial charge is 0.240 e. The number of carbonyl (C=O) groups is 2. The van der Waals surface area contributed by atoms with Crippen LogP contribution in [0.4, 0.5) is 5.69 Å². The van der Waals surface area contributed by atoms with E-state index in [1.165, 1.54) is 0 Å². The third kappa shape index (κ3) is 3.36. The Bertz CT molecular complexity index is 500. The molecule has 0 aromatic heterocycles. The van der Waals surface area contributed by atoms with Crippen molar-refractivity contribution < 1.29 is 9.59 Å². The van der Waals surface area contributed by atoms with E-state index in [1.54, 1.807) is 23.9 Å². The van der Waals surface area contributed by atoms with E-state index in [9.17, 15) is 9.59 Å². The molecule has 5 nitrogen and oxygen atoms in total. The lowest BCUT2D eigenvalue weighted by atomic mass is 10.1. The van der Waals surface area contributed by atoms with Crippen LogP contribution in [0.15, 0.2) is 24.3 Å². The van der Waals surface area contributed by atoms with Crippen molar-refractivity contribution in [2.75, 3.05) is 32.1 Å². The molecule has 0 aliphatic carbocycles. The standard InChI is InChI=1S/C15H21N3O2/c1-17(2)14(19)8-5-9-18-13-7-4-3-6-12(13)10-16-11-15(18)20/h3-4,6-7,16H,5,8-11H2,1-2H3. The second-order valence-corrected chi connectivity index (χ2v) is 5.17. The molecule has 0 atom stereocenters. The van der Waals surface area contributed by atoms with E-state index in [0.29, 0.717) is 32.5 Å². The maximum Gasteiger partial charge on any atom is 0.240 e. The summed E-state index contributed by atoms with van der Waals surface area (Å²) in [4.78, 5) is 27.1. The number of amides is 2. The maximum absolute atomic E-state index is 12.2. The number of anilines is 1. The highest BCUT2D eigenvalue weighted by atomic mass is 16.2. The minimum atomic E-state index is 0.0623. The first-order valence-corrected chi connectivity index (χ1v) is 6.88. The molecule has 1 aromatic carbocycles. The Morgan fingerprint density at radius 1 is 1.30 bits per heavy atom. The van der Waals surface area contributed by atoms with Crippen molar-refractivity contribution in [1.29, 1.82) is 0 Å². The van der Waals surface area contributed by atoms with E-state index in [4.69, 9.17) is 0 Å². The van der Waals surface area contributed by atoms with Gasteiger partial charge in [-0.2, -0.15) is 0 Å². The van der Waals surface area contributed by atoms with Gasteiger partial charge in [-0.05, 0) is 18.1 Å². The van der Waals surface area contributed by atoms with E-state index in [-0.39, 0.29) is 11.8 Å². The highest BCUT2D eigenvalue weighted by Crippen LogP contribution is 2.22. The molecule has 0 bridgehead atoms. The topological polar surface area (TPSA) is 52.7 Å². The Kier molecular flexibility index (Phi) is 4.74. The first-order chi connectivity index (χ1) is 9.59. The van der Waals surface area contributed by atoms with Crippen molar-refractivity contribution in [2.45, 2.75) is 19.4 Å². The fourth-order valence-corrected chi connectivity index (χ4v) is 2.31. The average Bonchev–Trinajstić information content (AvgIpc) is 2.58. The van der Waals surface area contributed by atoms with Crippen LogP contribution in [-0.4, -0.2) is 43.9 Å². The Morgan fingerprint density at radius 3 is 2.80 bits per heavy atom. The van der Waals surface area contributed by atoms with Gasteiger partial charge in [0.1, 0.15) is 0 Å². The summed E-state index contributed by atoms with van der Waals surface area (Å²) in [5.41, 5.74) is 2.08. The number of para-hydroxylation sites is 1. The number of rotatable bonds is 4. The molecule has 108 valence electrons. The van der Waals surface area contributed by atoms with E-state index in [1.807, 2.05) is 24.3 Å². The lowest BCUT2D eigenvalue weighted by molar-refractivity contribution is -0.128. The summed E-state index contributed by atoms with van der Waals surface area (Å²) in [6.45, 7) is 1.63. The van der Waals surface area contributed by atoms with Gasteiger partial charge in [0.2, 0.25) is 11.8 Å². The van der Waals surface area contributed by atoms with Crippen LogP contribution in [0.1, 0.15) is 18.4 Å². The Morgan fingerprint density at radius 2 is 2.05 bits per heavy atom. The molecule has 1 N–H and O–H groups in total. The van der Waals surface area contributed by atoms with Crippen LogP contribution in [0.3, 0.4) is 0 Å².